The molecule has 1 heterocycles. The molecule has 0 spiro atoms. The molecule has 0 aromatic heterocycles. The summed E-state index contributed by atoms with van der Waals surface area (Å²) in [5.74, 6) is -0.754. The lowest BCUT2D eigenvalue weighted by atomic mass is 10.2. The van der Waals surface area contributed by atoms with Crippen LogP contribution in [-0.4, -0.2) is 52.4 Å². The monoisotopic (exact) mass is 422 g/mol. The smallest absolute Gasteiger partial charge is 0.251 e. The summed E-state index contributed by atoms with van der Waals surface area (Å²) in [6.07, 6.45) is 1.66. The molecule has 28 heavy (non-hydrogen) atoms. The summed E-state index contributed by atoms with van der Waals surface area (Å²) < 4.78 is 51.2. The number of nitrogens with one attached hydrogen (secondary N) is 1. The Morgan fingerprint density at radius 2 is 1.54 bits per heavy atom. The third-order valence-electron chi connectivity index (χ3n) is 4.56. The average Bonchev–Trinajstić information content (AvgIpc) is 3.24. The van der Waals surface area contributed by atoms with Gasteiger partial charge in [-0.2, -0.15) is 4.31 Å². The molecule has 1 aliphatic rings. The number of sulfonamides is 1. The normalized spacial score (nSPS) is 15.4. The van der Waals surface area contributed by atoms with E-state index in [4.69, 9.17) is 0 Å². The van der Waals surface area contributed by atoms with Gasteiger partial charge in [-0.1, -0.05) is 24.3 Å². The Balaban J connectivity index is 1.65. The van der Waals surface area contributed by atoms with Gasteiger partial charge >= 0.3 is 0 Å². The van der Waals surface area contributed by atoms with E-state index in [9.17, 15) is 21.6 Å². The van der Waals surface area contributed by atoms with Crippen LogP contribution in [-0.2, 0) is 19.9 Å². The number of rotatable bonds is 7. The van der Waals surface area contributed by atoms with Crippen molar-refractivity contribution in [3.8, 4) is 0 Å². The molecule has 9 heteroatoms. The van der Waals surface area contributed by atoms with E-state index < -0.39 is 25.8 Å². The van der Waals surface area contributed by atoms with Gasteiger partial charge in [-0.25, -0.2) is 16.8 Å². The second-order valence-electron chi connectivity index (χ2n) is 6.53. The number of carbonyl (C=O) groups is 1. The molecule has 0 radical (unpaired) electrons. The van der Waals surface area contributed by atoms with Gasteiger partial charge in [0.25, 0.3) is 5.91 Å². The first-order chi connectivity index (χ1) is 13.3. The van der Waals surface area contributed by atoms with Crippen LogP contribution in [0.3, 0.4) is 0 Å². The quantitative estimate of drug-likeness (QED) is 0.732. The van der Waals surface area contributed by atoms with Gasteiger partial charge in [-0.15, -0.1) is 0 Å². The van der Waals surface area contributed by atoms with Crippen LogP contribution in [0.4, 0.5) is 0 Å². The lowest BCUT2D eigenvalue weighted by Gasteiger charge is -2.16. The van der Waals surface area contributed by atoms with Crippen LogP contribution in [0.1, 0.15) is 23.2 Å². The van der Waals surface area contributed by atoms with Gasteiger partial charge in [0, 0.05) is 25.2 Å². The predicted molar refractivity (Wildman–Crippen MR) is 105 cm³/mol. The summed E-state index contributed by atoms with van der Waals surface area (Å²) in [6.45, 7) is 0.894. The van der Waals surface area contributed by atoms with Gasteiger partial charge in [-0.3, -0.25) is 4.79 Å². The Bertz CT molecular complexity index is 1040. The summed E-state index contributed by atoms with van der Waals surface area (Å²) in [6, 6.07) is 13.8. The van der Waals surface area contributed by atoms with E-state index in [1.165, 1.54) is 40.7 Å². The average molecular weight is 423 g/mol. The van der Waals surface area contributed by atoms with Gasteiger partial charge in [0.15, 0.2) is 9.84 Å². The van der Waals surface area contributed by atoms with E-state index in [0.29, 0.717) is 13.1 Å². The van der Waals surface area contributed by atoms with Crippen molar-refractivity contribution < 1.29 is 21.6 Å². The molecule has 0 saturated carbocycles. The van der Waals surface area contributed by atoms with Gasteiger partial charge in [0.2, 0.25) is 10.0 Å². The number of sulfone groups is 1. The summed E-state index contributed by atoms with van der Waals surface area (Å²) in [5.41, 5.74) is 0.178. The topological polar surface area (TPSA) is 101 Å². The summed E-state index contributed by atoms with van der Waals surface area (Å²) in [5, 5.41) is 2.55. The minimum Gasteiger partial charge on any atom is -0.351 e. The predicted octanol–water partition coefficient (Wildman–Crippen LogP) is 1.67. The van der Waals surface area contributed by atoms with Crippen LogP contribution < -0.4 is 5.32 Å². The van der Waals surface area contributed by atoms with E-state index in [1.54, 1.807) is 18.2 Å². The lowest BCUT2D eigenvalue weighted by molar-refractivity contribution is 0.0956. The molecule has 0 aliphatic carbocycles. The number of carbonyl (C=O) groups excluding carboxylic acids is 1. The Kier molecular flexibility index (Phi) is 6.17. The molecule has 1 saturated heterocycles. The number of hydrogen-bond acceptors (Lipinski definition) is 5. The Morgan fingerprint density at radius 3 is 2.21 bits per heavy atom. The van der Waals surface area contributed by atoms with Gasteiger partial charge in [-0.05, 0) is 43.2 Å². The van der Waals surface area contributed by atoms with Crippen LogP contribution in [0.25, 0.3) is 0 Å². The molecule has 1 aliphatic heterocycles. The van der Waals surface area contributed by atoms with Crippen molar-refractivity contribution in [3.05, 3.63) is 60.2 Å². The zero-order chi connectivity index (χ0) is 20.2. The standard InChI is InChI=1S/C19H22N2O5S2/c22-19(20-11-14-27(23,24)17-8-2-1-3-9-17)16-7-6-10-18(15-16)28(25,26)21-12-4-5-13-21/h1-3,6-10,15H,4-5,11-14H2,(H,20,22). The number of hydrogen-bond donors (Lipinski definition) is 1. The fourth-order valence-corrected chi connectivity index (χ4v) is 5.76. The van der Waals surface area contributed by atoms with Crippen LogP contribution >= 0.6 is 0 Å². The second kappa shape index (κ2) is 8.42. The SMILES string of the molecule is O=C(NCCS(=O)(=O)c1ccccc1)c1cccc(S(=O)(=O)N2CCCC2)c1. The minimum absolute atomic E-state index is 0.0685. The summed E-state index contributed by atoms with van der Waals surface area (Å²) in [4.78, 5) is 12.6. The molecule has 0 unspecified atom stereocenters. The molecule has 3 rings (SSSR count). The van der Waals surface area contributed by atoms with Crippen molar-refractivity contribution in [2.24, 2.45) is 0 Å². The van der Waals surface area contributed by atoms with Crippen molar-refractivity contribution in [1.82, 2.24) is 9.62 Å². The molecule has 0 bridgehead atoms. The Hall–Kier alpha value is -2.23. The maximum Gasteiger partial charge on any atom is 0.251 e. The Morgan fingerprint density at radius 1 is 0.893 bits per heavy atom. The van der Waals surface area contributed by atoms with Gasteiger partial charge in [0.05, 0.1) is 15.5 Å². The molecular weight excluding hydrogens is 400 g/mol. The second-order valence-corrected chi connectivity index (χ2v) is 10.6. The van der Waals surface area contributed by atoms with Crippen molar-refractivity contribution in [2.75, 3.05) is 25.4 Å². The summed E-state index contributed by atoms with van der Waals surface area (Å²) >= 11 is 0. The first-order valence-electron chi connectivity index (χ1n) is 8.97. The number of benzene rings is 2. The number of nitrogens with zero attached hydrogens (tertiary/aromatic N) is 1. The van der Waals surface area contributed by atoms with Crippen molar-refractivity contribution in [3.63, 3.8) is 0 Å². The highest BCUT2D eigenvalue weighted by atomic mass is 32.2. The van der Waals surface area contributed by atoms with Crippen molar-refractivity contribution in [1.29, 1.82) is 0 Å². The highest BCUT2D eigenvalue weighted by Crippen LogP contribution is 2.21. The van der Waals surface area contributed by atoms with E-state index >= 15 is 0 Å². The molecule has 150 valence electrons. The molecule has 1 N–H and O–H groups in total. The highest BCUT2D eigenvalue weighted by molar-refractivity contribution is 7.91. The largest absolute Gasteiger partial charge is 0.351 e. The molecule has 2 aromatic rings. The van der Waals surface area contributed by atoms with Crippen molar-refractivity contribution >= 4 is 25.8 Å². The Labute approximate surface area is 165 Å². The van der Waals surface area contributed by atoms with E-state index in [1.807, 2.05) is 0 Å². The lowest BCUT2D eigenvalue weighted by Crippen LogP contribution is -2.30. The van der Waals surface area contributed by atoms with Crippen LogP contribution in [0.5, 0.6) is 0 Å². The fourth-order valence-electron chi connectivity index (χ4n) is 3.02. The first-order valence-corrected chi connectivity index (χ1v) is 12.1. The van der Waals surface area contributed by atoms with Crippen molar-refractivity contribution in [2.45, 2.75) is 22.6 Å². The van der Waals surface area contributed by atoms with E-state index in [2.05, 4.69) is 5.32 Å². The van der Waals surface area contributed by atoms with Crippen LogP contribution in [0.2, 0.25) is 0 Å². The van der Waals surface area contributed by atoms with Gasteiger partial charge < -0.3 is 5.32 Å². The maximum absolute atomic E-state index is 12.6. The molecule has 2 aromatic carbocycles. The van der Waals surface area contributed by atoms with Crippen LogP contribution in [0.15, 0.2) is 64.4 Å². The van der Waals surface area contributed by atoms with Gasteiger partial charge in [0.1, 0.15) is 0 Å². The zero-order valence-corrected chi connectivity index (χ0v) is 16.9. The van der Waals surface area contributed by atoms with Crippen LogP contribution in [0, 0.1) is 0 Å². The zero-order valence-electron chi connectivity index (χ0n) is 15.2. The van der Waals surface area contributed by atoms with E-state index in [-0.39, 0.29) is 27.7 Å². The third-order valence-corrected chi connectivity index (χ3v) is 8.18. The molecule has 7 nitrogen and oxygen atoms in total. The minimum atomic E-state index is -3.62. The highest BCUT2D eigenvalue weighted by Gasteiger charge is 2.27. The third kappa shape index (κ3) is 4.60. The molecule has 1 fully saturated rings. The maximum atomic E-state index is 12.6. The van der Waals surface area contributed by atoms with E-state index in [0.717, 1.165) is 12.8 Å². The number of amides is 1. The molecule has 1 amide bonds. The molecular formula is C19H22N2O5S2. The summed E-state index contributed by atoms with van der Waals surface area (Å²) in [7, 11) is -7.11. The molecule has 0 atom stereocenters. The first kappa shape index (κ1) is 20.5. The fraction of sp³-hybridized carbons (Fsp3) is 0.316.